The first-order valence-electron chi connectivity index (χ1n) is 13.6. The average molecular weight is 546 g/mol. The zero-order valence-corrected chi connectivity index (χ0v) is 23.8. The van der Waals surface area contributed by atoms with E-state index >= 15 is 0 Å². The molecule has 39 heavy (non-hydrogen) atoms. The minimum Gasteiger partial charge on any atom is -0.371 e. The molecule has 1 saturated heterocycles. The van der Waals surface area contributed by atoms with Gasteiger partial charge in [0.25, 0.3) is 5.91 Å². The number of nitrogens with zero attached hydrogens (tertiary/aromatic N) is 3. The highest BCUT2D eigenvalue weighted by atomic mass is 35.5. The molecule has 5 rings (SSSR count). The maximum Gasteiger partial charge on any atom is 0.319 e. The minimum absolute atomic E-state index is 0.0243. The van der Waals surface area contributed by atoms with Crippen LogP contribution in [0.3, 0.4) is 0 Å². The Morgan fingerprint density at radius 2 is 1.69 bits per heavy atom. The van der Waals surface area contributed by atoms with Crippen molar-refractivity contribution in [3.63, 3.8) is 0 Å². The Labute approximate surface area is 235 Å². The molecule has 0 bridgehead atoms. The summed E-state index contributed by atoms with van der Waals surface area (Å²) in [7, 11) is 1.91. The summed E-state index contributed by atoms with van der Waals surface area (Å²) in [5.41, 5.74) is 7.73. The van der Waals surface area contributed by atoms with Gasteiger partial charge in [-0.2, -0.15) is 0 Å². The number of aryl methyl sites for hydroxylation is 4. The number of hydrogen-bond donors (Lipinski definition) is 2. The first-order chi connectivity index (χ1) is 18.7. The molecule has 1 aromatic heterocycles. The van der Waals surface area contributed by atoms with Crippen LogP contribution in [0, 0.1) is 20.8 Å². The van der Waals surface area contributed by atoms with Crippen molar-refractivity contribution in [2.75, 3.05) is 30.4 Å². The van der Waals surface area contributed by atoms with Gasteiger partial charge in [-0.15, -0.1) is 0 Å². The fraction of sp³-hybridized carbons (Fsp3) is 0.387. The molecule has 2 N–H and O–H groups in total. The van der Waals surface area contributed by atoms with Gasteiger partial charge in [-0.05, 0) is 99.5 Å². The smallest absolute Gasteiger partial charge is 0.319 e. The number of nitrogens with one attached hydrogen (secondary N) is 2. The molecule has 3 amide bonds. The van der Waals surface area contributed by atoms with E-state index in [0.717, 1.165) is 61.3 Å². The van der Waals surface area contributed by atoms with Crippen molar-refractivity contribution >= 4 is 34.9 Å². The normalized spacial score (nSPS) is 17.1. The van der Waals surface area contributed by atoms with Gasteiger partial charge in [0.05, 0.1) is 6.04 Å². The molecule has 0 spiro atoms. The summed E-state index contributed by atoms with van der Waals surface area (Å²) in [5.74, 6) is 0.0243. The van der Waals surface area contributed by atoms with Crippen molar-refractivity contribution in [3.05, 3.63) is 87.2 Å². The first kappa shape index (κ1) is 27.0. The van der Waals surface area contributed by atoms with Crippen molar-refractivity contribution in [1.82, 2.24) is 15.2 Å². The number of urea groups is 1. The second-order valence-electron chi connectivity index (χ2n) is 10.8. The van der Waals surface area contributed by atoms with Gasteiger partial charge in [-0.25, -0.2) is 4.79 Å². The molecule has 1 aliphatic carbocycles. The Kier molecular flexibility index (Phi) is 7.80. The summed E-state index contributed by atoms with van der Waals surface area (Å²) in [6, 6.07) is 15.4. The number of halogens is 1. The summed E-state index contributed by atoms with van der Waals surface area (Å²) in [4.78, 5) is 35.0. The molecular formula is C31H36ClN5O2. The molecule has 0 saturated carbocycles. The number of carbonyl (C=O) groups excluding carboxylic acids is 2. The lowest BCUT2D eigenvalue weighted by Gasteiger charge is -2.38. The Balaban J connectivity index is 1.21. The predicted octanol–water partition coefficient (Wildman–Crippen LogP) is 6.21. The lowest BCUT2D eigenvalue weighted by atomic mass is 10.00. The Hall–Kier alpha value is -3.58. The van der Waals surface area contributed by atoms with Crippen LogP contribution in [0.2, 0.25) is 5.02 Å². The second kappa shape index (κ2) is 11.3. The molecule has 2 heterocycles. The van der Waals surface area contributed by atoms with E-state index in [0.29, 0.717) is 16.3 Å². The van der Waals surface area contributed by atoms with Gasteiger partial charge in [0, 0.05) is 59.5 Å². The molecule has 2 aromatic carbocycles. The molecule has 204 valence electrons. The van der Waals surface area contributed by atoms with Gasteiger partial charge in [0.1, 0.15) is 0 Å². The first-order valence-corrected chi connectivity index (χ1v) is 14.0. The van der Waals surface area contributed by atoms with E-state index in [2.05, 4.69) is 32.7 Å². The van der Waals surface area contributed by atoms with E-state index in [1.165, 1.54) is 11.3 Å². The summed E-state index contributed by atoms with van der Waals surface area (Å²) < 4.78 is 0. The van der Waals surface area contributed by atoms with Crippen LogP contribution >= 0.6 is 11.6 Å². The number of pyridine rings is 1. The SMILES string of the molecule is Cc1cc(N2CCC(N(C)C(=O)c3ccc4c(c3)C(NC(=O)Nc3ccc(C)c(Cl)c3)CC4)CC2)cc(C)n1. The van der Waals surface area contributed by atoms with Crippen molar-refractivity contribution in [2.24, 2.45) is 0 Å². The zero-order valence-electron chi connectivity index (χ0n) is 23.1. The maximum atomic E-state index is 13.5. The third-order valence-corrected chi connectivity index (χ3v) is 8.38. The number of aromatic nitrogens is 1. The molecule has 1 atom stereocenters. The zero-order chi connectivity index (χ0) is 27.7. The summed E-state index contributed by atoms with van der Waals surface area (Å²) in [6.07, 6.45) is 3.51. The third-order valence-electron chi connectivity index (χ3n) is 7.97. The van der Waals surface area contributed by atoms with Crippen LogP contribution in [0.25, 0.3) is 0 Å². The van der Waals surface area contributed by atoms with Crippen LogP contribution in [-0.4, -0.2) is 48.0 Å². The molecule has 8 heteroatoms. The highest BCUT2D eigenvalue weighted by Crippen LogP contribution is 2.33. The molecular weight excluding hydrogens is 510 g/mol. The van der Waals surface area contributed by atoms with E-state index in [9.17, 15) is 9.59 Å². The van der Waals surface area contributed by atoms with E-state index in [4.69, 9.17) is 11.6 Å². The topological polar surface area (TPSA) is 77.6 Å². The number of hydrogen-bond acceptors (Lipinski definition) is 4. The number of anilines is 2. The summed E-state index contributed by atoms with van der Waals surface area (Å²) in [5, 5.41) is 6.56. The van der Waals surface area contributed by atoms with Crippen LogP contribution in [0.1, 0.15) is 63.7 Å². The van der Waals surface area contributed by atoms with Gasteiger partial charge in [0.2, 0.25) is 0 Å². The van der Waals surface area contributed by atoms with Gasteiger partial charge >= 0.3 is 6.03 Å². The average Bonchev–Trinajstić information content (AvgIpc) is 3.31. The van der Waals surface area contributed by atoms with Crippen LogP contribution in [-0.2, 0) is 6.42 Å². The molecule has 1 unspecified atom stereocenters. The fourth-order valence-electron chi connectivity index (χ4n) is 5.76. The van der Waals surface area contributed by atoms with E-state index in [1.54, 1.807) is 6.07 Å². The predicted molar refractivity (Wildman–Crippen MR) is 157 cm³/mol. The Morgan fingerprint density at radius 3 is 2.38 bits per heavy atom. The summed E-state index contributed by atoms with van der Waals surface area (Å²) >= 11 is 6.20. The van der Waals surface area contributed by atoms with Crippen molar-refractivity contribution in [3.8, 4) is 0 Å². The monoisotopic (exact) mass is 545 g/mol. The number of fused-ring (bicyclic) bond motifs is 1. The van der Waals surface area contributed by atoms with Crippen molar-refractivity contribution < 1.29 is 9.59 Å². The largest absolute Gasteiger partial charge is 0.371 e. The lowest BCUT2D eigenvalue weighted by Crippen LogP contribution is -2.45. The van der Waals surface area contributed by atoms with Gasteiger partial charge in [-0.1, -0.05) is 23.7 Å². The molecule has 1 aliphatic heterocycles. The number of amides is 3. The van der Waals surface area contributed by atoms with Crippen LogP contribution in [0.15, 0.2) is 48.5 Å². The number of rotatable bonds is 5. The molecule has 1 fully saturated rings. The van der Waals surface area contributed by atoms with E-state index in [1.807, 2.05) is 63.1 Å². The number of benzene rings is 2. The number of carbonyl (C=O) groups is 2. The highest BCUT2D eigenvalue weighted by Gasteiger charge is 2.29. The van der Waals surface area contributed by atoms with Crippen LogP contribution in [0.4, 0.5) is 16.2 Å². The minimum atomic E-state index is -0.284. The molecule has 2 aliphatic rings. The lowest BCUT2D eigenvalue weighted by molar-refractivity contribution is 0.0709. The molecule has 0 radical (unpaired) electrons. The third kappa shape index (κ3) is 6.04. The van der Waals surface area contributed by atoms with Gasteiger partial charge in [0.15, 0.2) is 0 Å². The maximum absolute atomic E-state index is 13.5. The highest BCUT2D eigenvalue weighted by molar-refractivity contribution is 6.31. The van der Waals surface area contributed by atoms with Crippen LogP contribution in [0.5, 0.6) is 0 Å². The summed E-state index contributed by atoms with van der Waals surface area (Å²) in [6.45, 7) is 7.79. The molecule has 3 aromatic rings. The van der Waals surface area contributed by atoms with E-state index in [-0.39, 0.29) is 24.0 Å². The standard InChI is InChI=1S/C31H36ClN5O2/c1-19-5-9-24(18-28(19)32)34-31(39)35-29-10-8-22-6-7-23(17-27(22)29)30(38)36(4)25-11-13-37(14-12-25)26-15-20(2)33-21(3)16-26/h5-7,9,15-18,25,29H,8,10-14H2,1-4H3,(H2,34,35,39). The number of piperidine rings is 1. The Bertz CT molecular complexity index is 1380. The van der Waals surface area contributed by atoms with Gasteiger partial charge in [-0.3, -0.25) is 9.78 Å². The van der Waals surface area contributed by atoms with Crippen molar-refractivity contribution in [1.29, 1.82) is 0 Å². The second-order valence-corrected chi connectivity index (χ2v) is 11.2. The van der Waals surface area contributed by atoms with Gasteiger partial charge < -0.3 is 20.4 Å². The van der Waals surface area contributed by atoms with Crippen LogP contribution < -0.4 is 15.5 Å². The van der Waals surface area contributed by atoms with E-state index < -0.39 is 0 Å². The Morgan fingerprint density at radius 1 is 0.974 bits per heavy atom. The quantitative estimate of drug-likeness (QED) is 0.399. The van der Waals surface area contributed by atoms with Crippen molar-refractivity contribution in [2.45, 2.75) is 58.5 Å². The fourth-order valence-corrected chi connectivity index (χ4v) is 5.94. The molecule has 7 nitrogen and oxygen atoms in total.